The second-order valence-electron chi connectivity index (χ2n) is 10.5. The van der Waals surface area contributed by atoms with Crippen molar-refractivity contribution < 1.29 is 14.3 Å². The van der Waals surface area contributed by atoms with Crippen LogP contribution in [0.4, 0.5) is 0 Å². The van der Waals surface area contributed by atoms with Crippen molar-refractivity contribution in [3.05, 3.63) is 96.4 Å². The summed E-state index contributed by atoms with van der Waals surface area (Å²) in [6.45, 7) is 35.8. The number of aldehydes is 1. The number of allylic oxidation sites excluding steroid dienone is 9. The minimum atomic E-state index is 0.422. The molecule has 0 aromatic rings. The van der Waals surface area contributed by atoms with Crippen LogP contribution in [0.3, 0.4) is 0 Å². The third-order valence-corrected chi connectivity index (χ3v) is 7.10. The van der Waals surface area contributed by atoms with Gasteiger partial charge in [-0.15, -0.1) is 0 Å². The van der Waals surface area contributed by atoms with E-state index < -0.39 is 0 Å². The van der Waals surface area contributed by atoms with Crippen molar-refractivity contribution in [1.82, 2.24) is 0 Å². The number of carbonyl (C=O) groups is 1. The van der Waals surface area contributed by atoms with Crippen molar-refractivity contribution in [2.45, 2.75) is 74.1 Å². The topological polar surface area (TPSA) is 35.5 Å². The van der Waals surface area contributed by atoms with Gasteiger partial charge in [0.15, 0.2) is 0 Å². The van der Waals surface area contributed by atoms with Gasteiger partial charge in [-0.3, -0.25) is 4.79 Å². The highest BCUT2D eigenvalue weighted by Crippen LogP contribution is 2.29. The molecule has 214 valence electrons. The van der Waals surface area contributed by atoms with E-state index in [1.165, 1.54) is 18.4 Å². The van der Waals surface area contributed by atoms with E-state index >= 15 is 0 Å². The van der Waals surface area contributed by atoms with Crippen LogP contribution in [0.5, 0.6) is 0 Å². The van der Waals surface area contributed by atoms with E-state index in [9.17, 15) is 4.79 Å². The number of methoxy groups -OCH3 is 2. The Morgan fingerprint density at radius 1 is 0.895 bits per heavy atom. The number of carbonyl (C=O) groups excluding carboxylic acids is 1. The summed E-state index contributed by atoms with van der Waals surface area (Å²) in [6.07, 6.45) is 13.6. The van der Waals surface area contributed by atoms with Crippen molar-refractivity contribution >= 4 is 6.29 Å². The van der Waals surface area contributed by atoms with E-state index in [4.69, 9.17) is 9.47 Å². The molecule has 0 aliphatic heterocycles. The zero-order valence-corrected chi connectivity index (χ0v) is 26.0. The van der Waals surface area contributed by atoms with Gasteiger partial charge in [0, 0.05) is 13.7 Å². The molecule has 0 aromatic heterocycles. The van der Waals surface area contributed by atoms with Crippen LogP contribution >= 0.6 is 0 Å². The molecule has 4 unspecified atom stereocenters. The molecule has 0 bridgehead atoms. The van der Waals surface area contributed by atoms with E-state index in [-0.39, 0.29) is 0 Å². The van der Waals surface area contributed by atoms with Gasteiger partial charge in [0.25, 0.3) is 0 Å². The lowest BCUT2D eigenvalue weighted by molar-refractivity contribution is -0.104. The number of hydrogen-bond acceptors (Lipinski definition) is 3. The number of hydrogen-bond donors (Lipinski definition) is 0. The molecule has 0 rings (SSSR count). The lowest BCUT2D eigenvalue weighted by atomic mass is 9.83. The van der Waals surface area contributed by atoms with Crippen molar-refractivity contribution in [3.63, 3.8) is 0 Å². The maximum Gasteiger partial charge on any atom is 0.145 e. The predicted molar refractivity (Wildman–Crippen MR) is 168 cm³/mol. The molecule has 0 fully saturated rings. The molecule has 0 heterocycles. The molecular weight excluding hydrogens is 468 g/mol. The van der Waals surface area contributed by atoms with Gasteiger partial charge in [-0.2, -0.15) is 0 Å². The summed E-state index contributed by atoms with van der Waals surface area (Å²) in [5.41, 5.74) is 6.10. The van der Waals surface area contributed by atoms with Crippen molar-refractivity contribution in [1.29, 1.82) is 0 Å². The van der Waals surface area contributed by atoms with Crippen LogP contribution < -0.4 is 0 Å². The Bertz CT molecular complexity index is 881. The first-order valence-electron chi connectivity index (χ1n) is 13.7. The lowest BCUT2D eigenvalue weighted by Crippen LogP contribution is -2.11. The third kappa shape index (κ3) is 17.0. The SMILES string of the molecule is C=C(/C=C\C(=C)C(=C)/C(C)=C\C(=C)C(C)CCC(C)C(C)/C=C(/CCOC)C(C)CC)OC.C=C(C)C=O. The maximum atomic E-state index is 9.41. The Labute approximate surface area is 235 Å². The normalized spacial score (nSPS) is 15.0. The highest BCUT2D eigenvalue weighted by Gasteiger charge is 2.16. The first-order chi connectivity index (χ1) is 17.7. The van der Waals surface area contributed by atoms with Crippen molar-refractivity contribution in [2.75, 3.05) is 20.8 Å². The zero-order valence-electron chi connectivity index (χ0n) is 26.0. The smallest absolute Gasteiger partial charge is 0.145 e. The van der Waals surface area contributed by atoms with Gasteiger partial charge in [-0.25, -0.2) is 0 Å². The van der Waals surface area contributed by atoms with Crippen LogP contribution in [-0.4, -0.2) is 27.1 Å². The van der Waals surface area contributed by atoms with E-state index in [0.29, 0.717) is 35.0 Å². The molecule has 0 saturated carbocycles. The fraction of sp³-hybridized carbons (Fsp3) is 0.514. The average molecular weight is 525 g/mol. The van der Waals surface area contributed by atoms with Crippen LogP contribution in [0.15, 0.2) is 96.4 Å². The maximum absolute atomic E-state index is 9.41. The van der Waals surface area contributed by atoms with Gasteiger partial charge in [0.1, 0.15) is 12.0 Å². The van der Waals surface area contributed by atoms with Crippen molar-refractivity contribution in [3.8, 4) is 0 Å². The highest BCUT2D eigenvalue weighted by atomic mass is 16.5. The Kier molecular flexibility index (Phi) is 21.0. The highest BCUT2D eigenvalue weighted by molar-refractivity contribution is 5.70. The van der Waals surface area contributed by atoms with Crippen LogP contribution in [0.2, 0.25) is 0 Å². The molecule has 0 spiro atoms. The van der Waals surface area contributed by atoms with E-state index in [2.05, 4.69) is 86.6 Å². The molecule has 3 nitrogen and oxygen atoms in total. The van der Waals surface area contributed by atoms with E-state index in [0.717, 1.165) is 48.0 Å². The predicted octanol–water partition coefficient (Wildman–Crippen LogP) is 9.78. The first-order valence-corrected chi connectivity index (χ1v) is 13.7. The van der Waals surface area contributed by atoms with Crippen LogP contribution in [0, 0.1) is 23.7 Å². The first kappa shape index (κ1) is 37.5. The molecule has 0 aliphatic rings. The van der Waals surface area contributed by atoms with E-state index in [1.807, 2.05) is 6.08 Å². The van der Waals surface area contributed by atoms with Crippen LogP contribution in [-0.2, 0) is 14.3 Å². The molecule has 0 N–H and O–H groups in total. The third-order valence-electron chi connectivity index (χ3n) is 7.10. The van der Waals surface area contributed by atoms with Gasteiger partial charge in [-0.05, 0) is 91.6 Å². The fourth-order valence-electron chi connectivity index (χ4n) is 3.56. The van der Waals surface area contributed by atoms with Gasteiger partial charge in [0.2, 0.25) is 0 Å². The molecule has 0 saturated heterocycles. The summed E-state index contributed by atoms with van der Waals surface area (Å²) >= 11 is 0. The summed E-state index contributed by atoms with van der Waals surface area (Å²) in [6, 6.07) is 0. The summed E-state index contributed by atoms with van der Waals surface area (Å²) in [7, 11) is 3.38. The Hall–Kier alpha value is -2.65. The Balaban J connectivity index is 0. The Morgan fingerprint density at radius 2 is 1.47 bits per heavy atom. The van der Waals surface area contributed by atoms with Gasteiger partial charge >= 0.3 is 0 Å². The van der Waals surface area contributed by atoms with Gasteiger partial charge in [-0.1, -0.05) is 96.9 Å². The largest absolute Gasteiger partial charge is 0.497 e. The van der Waals surface area contributed by atoms with Gasteiger partial charge in [0.05, 0.1) is 7.11 Å². The molecule has 3 heteroatoms. The minimum Gasteiger partial charge on any atom is -0.497 e. The van der Waals surface area contributed by atoms with Gasteiger partial charge < -0.3 is 9.47 Å². The van der Waals surface area contributed by atoms with Crippen LogP contribution in [0.1, 0.15) is 74.1 Å². The van der Waals surface area contributed by atoms with Crippen molar-refractivity contribution in [2.24, 2.45) is 23.7 Å². The standard InChI is InChI=1S/C31H50O2.C4H6O/c1-13-22(2)31(18-19-32-11)21-27(7)24(4)15-14-23(3)26(6)20-28(8)30(10)25(5)16-17-29(9)33-12;1-4(2)3-5/h16-17,20-24,27H,5-6,9-10,13-15,18-19H2,1-4,7-8,11-12H3;3H,1H2,2H3/b17-16-,28-20-,31-21-;. The summed E-state index contributed by atoms with van der Waals surface area (Å²) in [5.74, 6) is 2.82. The fourth-order valence-corrected chi connectivity index (χ4v) is 3.56. The lowest BCUT2D eigenvalue weighted by Gasteiger charge is -2.23. The quantitative estimate of drug-likeness (QED) is 0.0588. The monoisotopic (exact) mass is 524 g/mol. The minimum absolute atomic E-state index is 0.422. The zero-order chi connectivity index (χ0) is 29.8. The van der Waals surface area contributed by atoms with E-state index in [1.54, 1.807) is 27.2 Å². The molecule has 38 heavy (non-hydrogen) atoms. The molecular formula is C35H56O3. The molecule has 4 atom stereocenters. The summed E-state index contributed by atoms with van der Waals surface area (Å²) < 4.78 is 10.4. The Morgan fingerprint density at radius 3 is 1.95 bits per heavy atom. The number of ether oxygens (including phenoxy) is 2. The number of rotatable bonds is 18. The summed E-state index contributed by atoms with van der Waals surface area (Å²) in [4.78, 5) is 9.41. The summed E-state index contributed by atoms with van der Waals surface area (Å²) in [5, 5.41) is 0. The molecule has 0 radical (unpaired) electrons. The molecule has 0 amide bonds. The molecule has 0 aromatic carbocycles. The molecule has 0 aliphatic carbocycles. The average Bonchev–Trinajstić information content (AvgIpc) is 2.90. The van der Waals surface area contributed by atoms with Crippen LogP contribution in [0.25, 0.3) is 0 Å². The second-order valence-corrected chi connectivity index (χ2v) is 10.5. The second kappa shape index (κ2) is 21.3.